The number of primary amides is 1. The first kappa shape index (κ1) is 34.1. The lowest BCUT2D eigenvalue weighted by Crippen LogP contribution is -2.55. The highest BCUT2D eigenvalue weighted by atomic mass is 16.6. The second-order valence-electron chi connectivity index (χ2n) is 12.8. The molecular weight excluding hydrogens is 556 g/mol. The maximum atomic E-state index is 14.5. The molecule has 0 aliphatic heterocycles. The van der Waals surface area contributed by atoms with Gasteiger partial charge >= 0.3 is 6.09 Å². The number of nitrogens with zero attached hydrogens (tertiary/aromatic N) is 1. The lowest BCUT2D eigenvalue weighted by molar-refractivity contribution is -0.144. The van der Waals surface area contributed by atoms with Crippen LogP contribution in [0.5, 0.6) is 0 Å². The van der Waals surface area contributed by atoms with Crippen LogP contribution in [-0.4, -0.2) is 46.4 Å². The second-order valence-corrected chi connectivity index (χ2v) is 12.8. The van der Waals surface area contributed by atoms with Crippen molar-refractivity contribution in [1.29, 1.82) is 0 Å². The average Bonchev–Trinajstić information content (AvgIpc) is 2.92. The van der Waals surface area contributed by atoms with Crippen molar-refractivity contribution < 1.29 is 23.9 Å². The zero-order valence-electron chi connectivity index (χ0n) is 26.8. The standard InChI is InChI=1S/C35H46N4O5/c1-22(2)15-16-24(4)39(33(42)29(21-30(36)40)38-34(43)44-35(5,6)7)31(27-14-10-11-23(3)19-27)32(41)37-28-18-17-25-12-8-9-13-26(25)20-28/h8-14,17-20,22,24,29,31H,15-16,21H2,1-7H3,(H2,36,40)(H,37,41)(H,38,43). The van der Waals surface area contributed by atoms with Gasteiger partial charge in [-0.3, -0.25) is 14.4 Å². The van der Waals surface area contributed by atoms with Crippen molar-refractivity contribution >= 4 is 40.3 Å². The maximum absolute atomic E-state index is 14.5. The van der Waals surface area contributed by atoms with E-state index in [4.69, 9.17) is 10.5 Å². The van der Waals surface area contributed by atoms with Crippen molar-refractivity contribution in [3.63, 3.8) is 0 Å². The fourth-order valence-electron chi connectivity index (χ4n) is 5.10. The molecule has 9 heteroatoms. The molecule has 0 spiro atoms. The molecule has 4 amide bonds. The van der Waals surface area contributed by atoms with Gasteiger partial charge in [-0.15, -0.1) is 0 Å². The summed E-state index contributed by atoms with van der Waals surface area (Å²) in [4.78, 5) is 55.2. The van der Waals surface area contributed by atoms with E-state index in [2.05, 4.69) is 24.5 Å². The number of amides is 4. The molecule has 0 saturated heterocycles. The Kier molecular flexibility index (Phi) is 11.5. The van der Waals surface area contributed by atoms with Gasteiger partial charge in [0.25, 0.3) is 5.91 Å². The highest BCUT2D eigenvalue weighted by Gasteiger charge is 2.39. The SMILES string of the molecule is Cc1cccc(C(C(=O)Nc2ccc3ccccc3c2)N(C(=O)C(CC(N)=O)NC(=O)OC(C)(C)C)C(C)CCC(C)C)c1. The molecule has 0 radical (unpaired) electrons. The second kappa shape index (κ2) is 14.9. The van der Waals surface area contributed by atoms with Gasteiger partial charge in [-0.25, -0.2) is 4.79 Å². The topological polar surface area (TPSA) is 131 Å². The number of hydrogen-bond donors (Lipinski definition) is 3. The fourth-order valence-corrected chi connectivity index (χ4v) is 5.10. The van der Waals surface area contributed by atoms with E-state index in [-0.39, 0.29) is 0 Å². The smallest absolute Gasteiger partial charge is 0.408 e. The lowest BCUT2D eigenvalue weighted by Gasteiger charge is -2.38. The van der Waals surface area contributed by atoms with Crippen molar-refractivity contribution in [2.75, 3.05) is 5.32 Å². The third-order valence-electron chi connectivity index (χ3n) is 7.19. The van der Waals surface area contributed by atoms with Crippen LogP contribution < -0.4 is 16.4 Å². The maximum Gasteiger partial charge on any atom is 0.408 e. The summed E-state index contributed by atoms with van der Waals surface area (Å²) in [5.41, 5.74) is 6.80. The van der Waals surface area contributed by atoms with Crippen LogP contribution in [-0.2, 0) is 19.1 Å². The fraction of sp³-hybridized carbons (Fsp3) is 0.429. The molecule has 4 N–H and O–H groups in total. The Morgan fingerprint density at radius 1 is 0.886 bits per heavy atom. The lowest BCUT2D eigenvalue weighted by atomic mass is 9.96. The molecule has 3 rings (SSSR count). The first-order valence-corrected chi connectivity index (χ1v) is 15.1. The van der Waals surface area contributed by atoms with Crippen LogP contribution >= 0.6 is 0 Å². The molecule has 0 aliphatic rings. The van der Waals surface area contributed by atoms with E-state index in [9.17, 15) is 19.2 Å². The van der Waals surface area contributed by atoms with Crippen LogP contribution in [0.15, 0.2) is 66.7 Å². The number of aryl methyl sites for hydroxylation is 1. The summed E-state index contributed by atoms with van der Waals surface area (Å²) in [6.07, 6.45) is 0.0560. The minimum atomic E-state index is -1.34. The monoisotopic (exact) mass is 602 g/mol. The van der Waals surface area contributed by atoms with E-state index in [1.54, 1.807) is 26.8 Å². The average molecular weight is 603 g/mol. The largest absolute Gasteiger partial charge is 0.444 e. The third kappa shape index (κ3) is 9.82. The van der Waals surface area contributed by atoms with Gasteiger partial charge in [0.1, 0.15) is 17.7 Å². The molecule has 0 heterocycles. The summed E-state index contributed by atoms with van der Waals surface area (Å²) >= 11 is 0. The van der Waals surface area contributed by atoms with Crippen LogP contribution in [0.3, 0.4) is 0 Å². The first-order valence-electron chi connectivity index (χ1n) is 15.1. The summed E-state index contributed by atoms with van der Waals surface area (Å²) in [7, 11) is 0. The normalized spacial score (nSPS) is 13.5. The molecule has 0 bridgehead atoms. The Hall–Kier alpha value is -4.40. The minimum Gasteiger partial charge on any atom is -0.444 e. The highest BCUT2D eigenvalue weighted by molar-refractivity contribution is 6.01. The van der Waals surface area contributed by atoms with Gasteiger partial charge in [0.2, 0.25) is 11.8 Å². The quantitative estimate of drug-likeness (QED) is 0.226. The third-order valence-corrected chi connectivity index (χ3v) is 7.19. The van der Waals surface area contributed by atoms with E-state index < -0.39 is 54.0 Å². The summed E-state index contributed by atoms with van der Waals surface area (Å²) in [5.74, 6) is -1.46. The summed E-state index contributed by atoms with van der Waals surface area (Å²) in [5, 5.41) is 7.56. The Morgan fingerprint density at radius 3 is 2.18 bits per heavy atom. The van der Waals surface area contributed by atoms with E-state index in [0.29, 0.717) is 23.6 Å². The van der Waals surface area contributed by atoms with Crippen molar-refractivity contribution in [1.82, 2.24) is 10.2 Å². The zero-order valence-corrected chi connectivity index (χ0v) is 26.8. The van der Waals surface area contributed by atoms with E-state index in [1.807, 2.05) is 74.5 Å². The number of ether oxygens (including phenoxy) is 1. The number of benzene rings is 3. The predicted molar refractivity (Wildman–Crippen MR) is 174 cm³/mol. The molecule has 3 unspecified atom stereocenters. The minimum absolute atomic E-state index is 0.347. The number of nitrogens with one attached hydrogen (secondary N) is 2. The van der Waals surface area contributed by atoms with Crippen LogP contribution in [0, 0.1) is 12.8 Å². The molecule has 44 heavy (non-hydrogen) atoms. The van der Waals surface area contributed by atoms with Crippen LogP contribution in [0.1, 0.15) is 78.0 Å². The molecule has 236 valence electrons. The number of nitrogens with two attached hydrogens (primary N) is 1. The zero-order chi connectivity index (χ0) is 32.6. The van der Waals surface area contributed by atoms with Gasteiger partial charge < -0.3 is 26.0 Å². The van der Waals surface area contributed by atoms with Gasteiger partial charge in [0.15, 0.2) is 0 Å². The Morgan fingerprint density at radius 2 is 1.57 bits per heavy atom. The van der Waals surface area contributed by atoms with Gasteiger partial charge in [0.05, 0.1) is 6.42 Å². The number of carbonyl (C=O) groups excluding carboxylic acids is 4. The van der Waals surface area contributed by atoms with Crippen LogP contribution in [0.25, 0.3) is 10.8 Å². The Bertz CT molecular complexity index is 1480. The molecule has 9 nitrogen and oxygen atoms in total. The van der Waals surface area contributed by atoms with Crippen molar-refractivity contribution in [3.05, 3.63) is 77.9 Å². The molecule has 0 saturated carbocycles. The van der Waals surface area contributed by atoms with Gasteiger partial charge in [-0.2, -0.15) is 0 Å². The highest BCUT2D eigenvalue weighted by Crippen LogP contribution is 2.30. The van der Waals surface area contributed by atoms with Crippen molar-refractivity contribution in [2.24, 2.45) is 11.7 Å². The summed E-state index contributed by atoms with van der Waals surface area (Å²) < 4.78 is 5.39. The number of hydrogen-bond acceptors (Lipinski definition) is 5. The summed E-state index contributed by atoms with van der Waals surface area (Å²) in [6, 6.07) is 18.0. The molecule has 0 aliphatic carbocycles. The van der Waals surface area contributed by atoms with Crippen molar-refractivity contribution in [2.45, 2.75) is 91.5 Å². The number of fused-ring (bicyclic) bond motifs is 1. The van der Waals surface area contributed by atoms with Gasteiger partial charge in [-0.05, 0) is 81.8 Å². The molecule has 3 aromatic rings. The molecule has 3 atom stereocenters. The van der Waals surface area contributed by atoms with Gasteiger partial charge in [0, 0.05) is 11.7 Å². The van der Waals surface area contributed by atoms with Gasteiger partial charge in [-0.1, -0.05) is 74.0 Å². The van der Waals surface area contributed by atoms with Crippen molar-refractivity contribution in [3.8, 4) is 0 Å². The molecule has 3 aromatic carbocycles. The van der Waals surface area contributed by atoms with E-state index in [1.165, 1.54) is 4.90 Å². The number of alkyl carbamates (subject to hydrolysis) is 1. The Balaban J connectivity index is 2.10. The van der Waals surface area contributed by atoms with Crippen LogP contribution in [0.4, 0.5) is 10.5 Å². The number of anilines is 1. The van der Waals surface area contributed by atoms with E-state index in [0.717, 1.165) is 22.8 Å². The molecule has 0 aromatic heterocycles. The predicted octanol–water partition coefficient (Wildman–Crippen LogP) is 6.25. The van der Waals surface area contributed by atoms with E-state index >= 15 is 0 Å². The summed E-state index contributed by atoms with van der Waals surface area (Å²) in [6.45, 7) is 13.1. The number of carbonyl (C=O) groups is 4. The Labute approximate surface area is 260 Å². The molecular formula is C35H46N4O5. The van der Waals surface area contributed by atoms with Crippen LogP contribution in [0.2, 0.25) is 0 Å². The number of rotatable bonds is 12. The first-order chi connectivity index (χ1) is 20.6. The molecule has 0 fully saturated rings.